The molecule has 0 spiro atoms. The average Bonchev–Trinajstić information content (AvgIpc) is 0. The number of hydrogen-bond acceptors (Lipinski definition) is 0. The van der Waals surface area contributed by atoms with Crippen LogP contribution in [0.1, 0.15) is 0 Å². The molecule has 0 nitrogen and oxygen atoms in total. The molecule has 24 valence electrons. The third-order valence-corrected chi connectivity index (χ3v) is 0. The van der Waals surface area contributed by atoms with Crippen LogP contribution in [-0.2, 0) is 17.1 Å². The minimum absolute atomic E-state index is 0. The summed E-state index contributed by atoms with van der Waals surface area (Å²) in [4.78, 5) is 0. The van der Waals surface area contributed by atoms with Gasteiger partial charge in [0.2, 0.25) is 0 Å². The van der Waals surface area contributed by atoms with Gasteiger partial charge in [-0.25, -0.2) is 0 Å². The Morgan fingerprint density at radius 3 is 1.00 bits per heavy atom. The van der Waals surface area contributed by atoms with E-state index in [-0.39, 0.29) is 83.9 Å². The van der Waals surface area contributed by atoms with Crippen LogP contribution in [0.2, 0.25) is 0 Å². The molecule has 0 atom stereocenters. The molecule has 0 unspecified atom stereocenters. The van der Waals surface area contributed by atoms with E-state index >= 15 is 0 Å². The first-order chi connectivity index (χ1) is 0. The molecule has 0 bridgehead atoms. The first kappa shape index (κ1) is 29.8. The predicted octanol–water partition coefficient (Wildman–Crippen LogP) is -1.14. The second kappa shape index (κ2) is 17.3. The van der Waals surface area contributed by atoms with Gasteiger partial charge in [-0.3, -0.25) is 0 Å². The molecule has 0 rings (SSSR count). The van der Waals surface area contributed by atoms with Crippen molar-refractivity contribution >= 4 is 66.8 Å². The minimum atomic E-state index is 0. The van der Waals surface area contributed by atoms with Crippen LogP contribution in [-0.4, -0.2) is 66.8 Å². The summed E-state index contributed by atoms with van der Waals surface area (Å²) in [5.74, 6) is 0. The van der Waals surface area contributed by atoms with Crippen molar-refractivity contribution in [2.24, 2.45) is 0 Å². The molecule has 0 aliphatic rings. The Kier molecular flexibility index (Phi) is 129. The topological polar surface area (TPSA) is 0 Å². The zero-order valence-electron chi connectivity index (χ0n) is 1.79. The van der Waals surface area contributed by atoms with Gasteiger partial charge in [0.15, 0.2) is 0 Å². The Bertz CT molecular complexity index is 8.00. The van der Waals surface area contributed by atoms with Crippen LogP contribution in [0.4, 0.5) is 0 Å². The van der Waals surface area contributed by atoms with E-state index in [0.717, 1.165) is 0 Å². The Morgan fingerprint density at radius 1 is 1.00 bits per heavy atom. The maximum Gasteiger partial charge on any atom is 0 e. The molecule has 0 saturated heterocycles. The molecule has 4 heteroatoms. The van der Waals surface area contributed by atoms with Gasteiger partial charge in [0, 0.05) is 83.9 Å². The SMILES string of the molecule is [Cu].[In].[Se].[Sn]. The van der Waals surface area contributed by atoms with Crippen LogP contribution in [0.15, 0.2) is 0 Å². The van der Waals surface area contributed by atoms with Crippen molar-refractivity contribution in [3.63, 3.8) is 0 Å². The van der Waals surface area contributed by atoms with E-state index in [1.807, 2.05) is 0 Å². The van der Waals surface area contributed by atoms with Crippen molar-refractivity contribution in [2.75, 3.05) is 0 Å². The van der Waals surface area contributed by atoms with Gasteiger partial charge in [-0.15, -0.1) is 0 Å². The molecule has 0 aliphatic heterocycles. The largest absolute Gasteiger partial charge is 0 e. The van der Waals surface area contributed by atoms with E-state index in [1.165, 1.54) is 0 Å². The normalized spacial score (nSPS) is 0. The molecular weight excluding hydrogens is 376 g/mol. The zero-order chi connectivity index (χ0) is 0. The third kappa shape index (κ3) is 8.83. The molecule has 0 saturated carbocycles. The summed E-state index contributed by atoms with van der Waals surface area (Å²) in [5.41, 5.74) is 0. The van der Waals surface area contributed by atoms with Crippen molar-refractivity contribution in [1.29, 1.82) is 0 Å². The molecule has 10 radical (unpaired) electrons. The maximum absolute atomic E-state index is 0. The predicted molar refractivity (Wildman–Crippen MR) is 17.3 cm³/mol. The first-order valence-electron chi connectivity index (χ1n) is 0. The van der Waals surface area contributed by atoms with Crippen molar-refractivity contribution < 1.29 is 17.1 Å². The van der Waals surface area contributed by atoms with Gasteiger partial charge in [0.25, 0.3) is 0 Å². The van der Waals surface area contributed by atoms with Gasteiger partial charge >= 0.3 is 0 Å². The standard InChI is InChI=1S/Cu.In.Se.Sn. The molecule has 0 aromatic heterocycles. The second-order valence-electron chi connectivity index (χ2n) is 0. The molecule has 0 aliphatic carbocycles. The molecule has 0 amide bonds. The Hall–Kier alpha value is 2.71. The molecule has 0 aromatic rings. The zero-order valence-corrected chi connectivity index (χ0v) is 10.6. The van der Waals surface area contributed by atoms with Crippen LogP contribution >= 0.6 is 0 Å². The smallest absolute Gasteiger partial charge is 0 e. The fourth-order valence-electron chi connectivity index (χ4n) is 0. The van der Waals surface area contributed by atoms with E-state index in [4.69, 9.17) is 0 Å². The molecule has 0 aromatic carbocycles. The van der Waals surface area contributed by atoms with E-state index in [2.05, 4.69) is 0 Å². The molecule has 0 heterocycles. The van der Waals surface area contributed by atoms with Gasteiger partial charge in [-0.1, -0.05) is 0 Å². The number of rotatable bonds is 0. The van der Waals surface area contributed by atoms with Crippen molar-refractivity contribution in [3.8, 4) is 0 Å². The van der Waals surface area contributed by atoms with E-state index in [1.54, 1.807) is 0 Å². The van der Waals surface area contributed by atoms with Crippen molar-refractivity contribution in [2.45, 2.75) is 0 Å². The maximum atomic E-state index is 0. The van der Waals surface area contributed by atoms with E-state index in [9.17, 15) is 0 Å². The minimum Gasteiger partial charge on any atom is 0 e. The summed E-state index contributed by atoms with van der Waals surface area (Å²) < 4.78 is 0. The van der Waals surface area contributed by atoms with Gasteiger partial charge in [0.1, 0.15) is 0 Å². The van der Waals surface area contributed by atoms with E-state index in [0.29, 0.717) is 0 Å². The monoisotopic (exact) mass is 378 g/mol. The van der Waals surface area contributed by atoms with Gasteiger partial charge in [-0.05, 0) is 0 Å². The molecular formula is CuInSeSn. The van der Waals surface area contributed by atoms with Crippen LogP contribution in [0.3, 0.4) is 0 Å². The summed E-state index contributed by atoms with van der Waals surface area (Å²) in [6.45, 7) is 0. The van der Waals surface area contributed by atoms with Crippen LogP contribution in [0.25, 0.3) is 0 Å². The Balaban J connectivity index is 0. The fraction of sp³-hybridized carbons (Fsp3) is 0. The first-order valence-corrected chi connectivity index (χ1v) is 0. The Labute approximate surface area is 82.5 Å². The van der Waals surface area contributed by atoms with Crippen LogP contribution in [0.5, 0.6) is 0 Å². The van der Waals surface area contributed by atoms with Gasteiger partial charge in [0.05, 0.1) is 0 Å². The summed E-state index contributed by atoms with van der Waals surface area (Å²) in [7, 11) is 0. The molecule has 0 N–H and O–H groups in total. The quantitative estimate of drug-likeness (QED) is 0.469. The third-order valence-electron chi connectivity index (χ3n) is 0. The fourth-order valence-corrected chi connectivity index (χ4v) is 0. The summed E-state index contributed by atoms with van der Waals surface area (Å²) in [6, 6.07) is 0. The summed E-state index contributed by atoms with van der Waals surface area (Å²) in [6.07, 6.45) is 0. The molecule has 0 fully saturated rings. The van der Waals surface area contributed by atoms with Gasteiger partial charge < -0.3 is 0 Å². The van der Waals surface area contributed by atoms with Crippen molar-refractivity contribution in [1.82, 2.24) is 0 Å². The van der Waals surface area contributed by atoms with Crippen LogP contribution < -0.4 is 0 Å². The summed E-state index contributed by atoms with van der Waals surface area (Å²) >= 11 is 0. The Morgan fingerprint density at radius 2 is 1.00 bits per heavy atom. The average molecular weight is 376 g/mol. The van der Waals surface area contributed by atoms with Gasteiger partial charge in [-0.2, -0.15) is 0 Å². The van der Waals surface area contributed by atoms with E-state index < -0.39 is 0 Å². The van der Waals surface area contributed by atoms with Crippen molar-refractivity contribution in [3.05, 3.63) is 0 Å². The molecule has 4 heavy (non-hydrogen) atoms. The second-order valence-corrected chi connectivity index (χ2v) is 0. The summed E-state index contributed by atoms with van der Waals surface area (Å²) in [5, 5.41) is 0. The number of hydrogen-bond donors (Lipinski definition) is 0. The van der Waals surface area contributed by atoms with Crippen LogP contribution in [0, 0.1) is 0 Å².